The molecular weight excluding hydrogens is 350 g/mol. The lowest BCUT2D eigenvalue weighted by Gasteiger charge is -2.02. The minimum Gasteiger partial charge on any atom is -0.497 e. The Kier molecular flexibility index (Phi) is 4.14. The van der Waals surface area contributed by atoms with E-state index in [2.05, 4.69) is 15.5 Å². The van der Waals surface area contributed by atoms with Crippen molar-refractivity contribution in [2.75, 3.05) is 12.4 Å². The molecule has 2 aromatic carbocycles. The first-order valence-corrected chi connectivity index (χ1v) is 8.75. The van der Waals surface area contributed by atoms with Crippen molar-refractivity contribution in [2.24, 2.45) is 0 Å². The summed E-state index contributed by atoms with van der Waals surface area (Å²) in [4.78, 5) is 17.3. The number of hydrogen-bond acceptors (Lipinski definition) is 6. The molecule has 7 heteroatoms. The Bertz CT molecular complexity index is 1090. The van der Waals surface area contributed by atoms with Crippen LogP contribution in [-0.2, 0) is 0 Å². The summed E-state index contributed by atoms with van der Waals surface area (Å²) >= 11 is 1.39. The Morgan fingerprint density at radius 1 is 1.19 bits per heavy atom. The standard InChI is InChI=1S/C19H15N3O3S/c1-11-16(17(22-25-11)12-6-4-3-5-7-12)18(23)21-19-20-14-9-8-13(24-2)10-15(14)26-19/h3-10H,1-2H3,(H,20,21,23). The largest absolute Gasteiger partial charge is 0.497 e. The molecule has 0 radical (unpaired) electrons. The first-order valence-electron chi connectivity index (χ1n) is 7.93. The molecule has 0 aliphatic heterocycles. The van der Waals surface area contributed by atoms with Gasteiger partial charge in [-0.25, -0.2) is 4.98 Å². The number of carbonyl (C=O) groups excluding carboxylic acids is 1. The molecule has 4 rings (SSSR count). The average molecular weight is 365 g/mol. The molecule has 4 aromatic rings. The van der Waals surface area contributed by atoms with E-state index in [1.165, 1.54) is 11.3 Å². The van der Waals surface area contributed by atoms with Gasteiger partial charge >= 0.3 is 0 Å². The number of nitrogens with one attached hydrogen (secondary N) is 1. The second-order valence-electron chi connectivity index (χ2n) is 5.64. The van der Waals surface area contributed by atoms with Crippen LogP contribution < -0.4 is 10.1 Å². The summed E-state index contributed by atoms with van der Waals surface area (Å²) in [5.41, 5.74) is 2.55. The van der Waals surface area contributed by atoms with Gasteiger partial charge in [-0.1, -0.05) is 46.8 Å². The van der Waals surface area contributed by atoms with Gasteiger partial charge in [0.25, 0.3) is 5.91 Å². The number of aromatic nitrogens is 2. The van der Waals surface area contributed by atoms with E-state index in [1.807, 2.05) is 48.5 Å². The predicted molar refractivity (Wildman–Crippen MR) is 101 cm³/mol. The summed E-state index contributed by atoms with van der Waals surface area (Å²) in [5, 5.41) is 7.41. The number of methoxy groups -OCH3 is 1. The Morgan fingerprint density at radius 2 is 2.00 bits per heavy atom. The van der Waals surface area contributed by atoms with Crippen LogP contribution in [0.25, 0.3) is 21.5 Å². The maximum absolute atomic E-state index is 12.8. The average Bonchev–Trinajstić information content (AvgIpc) is 3.24. The van der Waals surface area contributed by atoms with Crippen molar-refractivity contribution < 1.29 is 14.1 Å². The zero-order valence-electron chi connectivity index (χ0n) is 14.1. The van der Waals surface area contributed by atoms with E-state index >= 15 is 0 Å². The second-order valence-corrected chi connectivity index (χ2v) is 6.67. The van der Waals surface area contributed by atoms with Gasteiger partial charge in [0, 0.05) is 5.56 Å². The minimum absolute atomic E-state index is 0.298. The molecule has 0 spiro atoms. The van der Waals surface area contributed by atoms with Crippen LogP contribution in [0.15, 0.2) is 53.1 Å². The van der Waals surface area contributed by atoms with Crippen LogP contribution in [0.4, 0.5) is 5.13 Å². The number of thiazole rings is 1. The molecule has 0 unspecified atom stereocenters. The lowest BCUT2D eigenvalue weighted by Crippen LogP contribution is -2.13. The van der Waals surface area contributed by atoms with Crippen LogP contribution in [-0.4, -0.2) is 23.2 Å². The van der Waals surface area contributed by atoms with Gasteiger partial charge in [-0.2, -0.15) is 0 Å². The SMILES string of the molecule is COc1ccc2nc(NC(=O)c3c(-c4ccccc4)noc3C)sc2c1. The molecular formula is C19H15N3O3S. The molecule has 0 fully saturated rings. The van der Waals surface area contributed by atoms with Crippen LogP contribution in [0.1, 0.15) is 16.1 Å². The zero-order chi connectivity index (χ0) is 18.1. The summed E-state index contributed by atoms with van der Waals surface area (Å²) in [5.74, 6) is 0.915. The molecule has 2 aromatic heterocycles. The highest BCUT2D eigenvalue weighted by Crippen LogP contribution is 2.31. The van der Waals surface area contributed by atoms with Crippen molar-refractivity contribution in [3.63, 3.8) is 0 Å². The van der Waals surface area contributed by atoms with Crippen LogP contribution in [0.5, 0.6) is 5.75 Å². The van der Waals surface area contributed by atoms with E-state index in [4.69, 9.17) is 9.26 Å². The molecule has 2 heterocycles. The highest BCUT2D eigenvalue weighted by Gasteiger charge is 2.22. The molecule has 26 heavy (non-hydrogen) atoms. The number of carbonyl (C=O) groups is 1. The van der Waals surface area contributed by atoms with Gasteiger partial charge in [0.15, 0.2) is 5.13 Å². The van der Waals surface area contributed by atoms with Gasteiger partial charge in [0.1, 0.15) is 22.8 Å². The maximum atomic E-state index is 12.8. The molecule has 6 nitrogen and oxygen atoms in total. The highest BCUT2D eigenvalue weighted by molar-refractivity contribution is 7.22. The van der Waals surface area contributed by atoms with E-state index in [9.17, 15) is 4.79 Å². The highest BCUT2D eigenvalue weighted by atomic mass is 32.1. The maximum Gasteiger partial charge on any atom is 0.263 e. The van der Waals surface area contributed by atoms with Gasteiger partial charge in [-0.3, -0.25) is 10.1 Å². The summed E-state index contributed by atoms with van der Waals surface area (Å²) in [6, 6.07) is 15.1. The smallest absolute Gasteiger partial charge is 0.263 e. The number of amides is 1. The molecule has 0 saturated carbocycles. The summed E-state index contributed by atoms with van der Waals surface area (Å²) in [6.07, 6.45) is 0. The number of benzene rings is 2. The fourth-order valence-electron chi connectivity index (χ4n) is 2.68. The Labute approximate surface area is 153 Å². The van der Waals surface area contributed by atoms with Crippen LogP contribution in [0, 0.1) is 6.92 Å². The summed E-state index contributed by atoms with van der Waals surface area (Å²) in [6.45, 7) is 1.72. The molecule has 130 valence electrons. The van der Waals surface area contributed by atoms with Crippen molar-refractivity contribution in [3.8, 4) is 17.0 Å². The molecule has 1 N–H and O–H groups in total. The van der Waals surface area contributed by atoms with Gasteiger partial charge in [0.05, 0.1) is 17.3 Å². The monoisotopic (exact) mass is 365 g/mol. The van der Waals surface area contributed by atoms with E-state index in [0.717, 1.165) is 21.5 Å². The van der Waals surface area contributed by atoms with Crippen molar-refractivity contribution >= 4 is 32.6 Å². The van der Waals surface area contributed by atoms with Crippen molar-refractivity contribution in [1.82, 2.24) is 10.1 Å². The molecule has 0 aliphatic carbocycles. The first-order chi connectivity index (χ1) is 12.7. The van der Waals surface area contributed by atoms with E-state index < -0.39 is 0 Å². The van der Waals surface area contributed by atoms with Crippen LogP contribution in [0.2, 0.25) is 0 Å². The Hall–Kier alpha value is -3.19. The number of rotatable bonds is 4. The number of hydrogen-bond donors (Lipinski definition) is 1. The number of anilines is 1. The van der Waals surface area contributed by atoms with Crippen LogP contribution in [0.3, 0.4) is 0 Å². The molecule has 1 amide bonds. The lowest BCUT2D eigenvalue weighted by atomic mass is 10.1. The third kappa shape index (κ3) is 2.93. The second kappa shape index (κ2) is 6.61. The third-order valence-electron chi connectivity index (χ3n) is 3.95. The molecule has 0 saturated heterocycles. The lowest BCUT2D eigenvalue weighted by molar-refractivity contribution is 0.102. The van der Waals surface area contributed by atoms with Gasteiger partial charge in [-0.15, -0.1) is 0 Å². The minimum atomic E-state index is -0.298. The number of fused-ring (bicyclic) bond motifs is 1. The number of nitrogens with zero attached hydrogens (tertiary/aromatic N) is 2. The van der Waals surface area contributed by atoms with Crippen molar-refractivity contribution in [2.45, 2.75) is 6.92 Å². The van der Waals surface area contributed by atoms with E-state index in [0.29, 0.717) is 22.1 Å². The molecule has 0 atom stereocenters. The molecule has 0 aliphatic rings. The zero-order valence-corrected chi connectivity index (χ0v) is 15.0. The summed E-state index contributed by atoms with van der Waals surface area (Å²) in [7, 11) is 1.62. The molecule has 0 bridgehead atoms. The van der Waals surface area contributed by atoms with E-state index in [1.54, 1.807) is 14.0 Å². The predicted octanol–water partition coefficient (Wildman–Crippen LogP) is 4.52. The first kappa shape index (κ1) is 16.3. The third-order valence-corrected chi connectivity index (χ3v) is 4.89. The van der Waals surface area contributed by atoms with Crippen LogP contribution >= 0.6 is 11.3 Å². The van der Waals surface area contributed by atoms with Crippen molar-refractivity contribution in [3.05, 3.63) is 59.9 Å². The summed E-state index contributed by atoms with van der Waals surface area (Å²) < 4.78 is 11.4. The normalized spacial score (nSPS) is 10.8. The van der Waals surface area contributed by atoms with E-state index in [-0.39, 0.29) is 5.91 Å². The quantitative estimate of drug-likeness (QED) is 0.575. The fraction of sp³-hybridized carbons (Fsp3) is 0.105. The number of aryl methyl sites for hydroxylation is 1. The van der Waals surface area contributed by atoms with Gasteiger partial charge < -0.3 is 9.26 Å². The van der Waals surface area contributed by atoms with Gasteiger partial charge in [-0.05, 0) is 25.1 Å². The fourth-order valence-corrected chi connectivity index (χ4v) is 3.57. The van der Waals surface area contributed by atoms with Crippen molar-refractivity contribution in [1.29, 1.82) is 0 Å². The Balaban J connectivity index is 1.66. The topological polar surface area (TPSA) is 77.2 Å². The Morgan fingerprint density at radius 3 is 2.77 bits per heavy atom. The number of ether oxygens (including phenoxy) is 1. The van der Waals surface area contributed by atoms with Gasteiger partial charge in [0.2, 0.25) is 0 Å².